The molecule has 0 aliphatic heterocycles. The summed E-state index contributed by atoms with van der Waals surface area (Å²) in [6, 6.07) is 8.02. The van der Waals surface area contributed by atoms with E-state index in [0.29, 0.717) is 0 Å². The molecule has 2 aromatic rings. The number of anilines is 1. The predicted octanol–water partition coefficient (Wildman–Crippen LogP) is 4.02. The van der Waals surface area contributed by atoms with Crippen molar-refractivity contribution in [2.24, 2.45) is 0 Å². The highest BCUT2D eigenvalue weighted by molar-refractivity contribution is 7.99. The van der Waals surface area contributed by atoms with Gasteiger partial charge in [-0.15, -0.1) is 0 Å². The monoisotopic (exact) mass is 303 g/mol. The molecule has 4 nitrogen and oxygen atoms in total. The molecule has 21 heavy (non-hydrogen) atoms. The maximum atomic E-state index is 5.18. The second kappa shape index (κ2) is 7.88. The van der Waals surface area contributed by atoms with E-state index in [0.717, 1.165) is 40.9 Å². The molecule has 112 valence electrons. The van der Waals surface area contributed by atoms with Gasteiger partial charge in [0.25, 0.3) is 0 Å². The van der Waals surface area contributed by atoms with Crippen molar-refractivity contribution in [1.82, 2.24) is 9.97 Å². The van der Waals surface area contributed by atoms with Crippen molar-refractivity contribution in [3.63, 3.8) is 0 Å². The number of rotatable bonds is 7. The molecule has 2 rings (SSSR count). The van der Waals surface area contributed by atoms with Gasteiger partial charge in [0.05, 0.1) is 7.11 Å². The normalized spacial score (nSPS) is 10.4. The SMILES string of the molecule is CCCNc1ncnc(Sc2ccc(OC)cc2)c1CC. The molecule has 0 saturated heterocycles. The van der Waals surface area contributed by atoms with E-state index in [4.69, 9.17) is 4.74 Å². The third-order valence-corrected chi connectivity index (χ3v) is 4.13. The highest BCUT2D eigenvalue weighted by Crippen LogP contribution is 2.32. The first-order valence-corrected chi connectivity index (χ1v) is 7.99. The molecule has 0 bridgehead atoms. The van der Waals surface area contributed by atoms with Crippen LogP contribution in [0.3, 0.4) is 0 Å². The van der Waals surface area contributed by atoms with Crippen LogP contribution in [-0.4, -0.2) is 23.6 Å². The van der Waals surface area contributed by atoms with Crippen molar-refractivity contribution in [3.05, 3.63) is 36.2 Å². The summed E-state index contributed by atoms with van der Waals surface area (Å²) in [6.07, 6.45) is 3.61. The minimum absolute atomic E-state index is 0.864. The molecule has 0 saturated carbocycles. The second-order valence-electron chi connectivity index (χ2n) is 4.56. The minimum atomic E-state index is 0.864. The molecule has 0 aliphatic rings. The van der Waals surface area contributed by atoms with Crippen LogP contribution in [0.2, 0.25) is 0 Å². The first kappa shape index (κ1) is 15.6. The zero-order valence-electron chi connectivity index (χ0n) is 12.7. The fraction of sp³-hybridized carbons (Fsp3) is 0.375. The minimum Gasteiger partial charge on any atom is -0.497 e. The van der Waals surface area contributed by atoms with Gasteiger partial charge in [-0.1, -0.05) is 25.6 Å². The van der Waals surface area contributed by atoms with E-state index in [1.165, 1.54) is 5.56 Å². The molecule has 5 heteroatoms. The molecule has 0 amide bonds. The number of methoxy groups -OCH3 is 1. The van der Waals surface area contributed by atoms with Gasteiger partial charge in [-0.3, -0.25) is 0 Å². The van der Waals surface area contributed by atoms with Gasteiger partial charge in [-0.05, 0) is 37.1 Å². The van der Waals surface area contributed by atoms with Gasteiger partial charge in [-0.25, -0.2) is 9.97 Å². The molecule has 1 aromatic heterocycles. The summed E-state index contributed by atoms with van der Waals surface area (Å²) in [5.41, 5.74) is 1.17. The van der Waals surface area contributed by atoms with Crippen molar-refractivity contribution >= 4 is 17.6 Å². The van der Waals surface area contributed by atoms with E-state index >= 15 is 0 Å². The maximum Gasteiger partial charge on any atom is 0.133 e. The van der Waals surface area contributed by atoms with E-state index in [-0.39, 0.29) is 0 Å². The Labute approximate surface area is 130 Å². The Kier molecular flexibility index (Phi) is 5.87. The highest BCUT2D eigenvalue weighted by atomic mass is 32.2. The van der Waals surface area contributed by atoms with Gasteiger partial charge < -0.3 is 10.1 Å². The van der Waals surface area contributed by atoms with E-state index in [2.05, 4.69) is 29.1 Å². The number of hydrogen-bond donors (Lipinski definition) is 1. The average molecular weight is 303 g/mol. The molecule has 0 aliphatic carbocycles. The van der Waals surface area contributed by atoms with Crippen LogP contribution in [0.25, 0.3) is 0 Å². The van der Waals surface area contributed by atoms with Crippen LogP contribution in [-0.2, 0) is 6.42 Å². The molecule has 0 spiro atoms. The fourth-order valence-corrected chi connectivity index (χ4v) is 2.91. The van der Waals surface area contributed by atoms with Crippen LogP contribution < -0.4 is 10.1 Å². The average Bonchev–Trinajstić information content (AvgIpc) is 2.53. The summed E-state index contributed by atoms with van der Waals surface area (Å²) >= 11 is 1.66. The van der Waals surface area contributed by atoms with Crippen molar-refractivity contribution in [3.8, 4) is 5.75 Å². The topological polar surface area (TPSA) is 47.0 Å². The lowest BCUT2D eigenvalue weighted by Crippen LogP contribution is -2.06. The Bertz CT molecular complexity index is 572. The Balaban J connectivity index is 2.21. The number of aromatic nitrogens is 2. The predicted molar refractivity (Wildman–Crippen MR) is 87.3 cm³/mol. The molecule has 1 N–H and O–H groups in total. The number of ether oxygens (including phenoxy) is 1. The summed E-state index contributed by atoms with van der Waals surface area (Å²) in [5.74, 6) is 1.81. The number of benzene rings is 1. The fourth-order valence-electron chi connectivity index (χ4n) is 1.95. The highest BCUT2D eigenvalue weighted by Gasteiger charge is 2.10. The summed E-state index contributed by atoms with van der Waals surface area (Å²) < 4.78 is 5.18. The zero-order chi connectivity index (χ0) is 15.1. The first-order valence-electron chi connectivity index (χ1n) is 7.18. The van der Waals surface area contributed by atoms with Crippen LogP contribution in [0.4, 0.5) is 5.82 Å². The molecule has 1 heterocycles. The Hall–Kier alpha value is -1.75. The standard InChI is InChI=1S/C16H21N3OS/c1-4-10-17-15-14(5-2)16(19-11-18-15)21-13-8-6-12(20-3)7-9-13/h6-9,11H,4-5,10H2,1-3H3,(H,17,18,19). The van der Waals surface area contributed by atoms with Crippen LogP contribution in [0.1, 0.15) is 25.8 Å². The molecule has 1 aromatic carbocycles. The van der Waals surface area contributed by atoms with E-state index in [1.54, 1.807) is 25.2 Å². The van der Waals surface area contributed by atoms with E-state index in [9.17, 15) is 0 Å². The summed E-state index contributed by atoms with van der Waals surface area (Å²) in [4.78, 5) is 9.94. The third kappa shape index (κ3) is 4.11. The Morgan fingerprint density at radius 2 is 1.90 bits per heavy atom. The number of hydrogen-bond acceptors (Lipinski definition) is 5. The Morgan fingerprint density at radius 1 is 1.14 bits per heavy atom. The summed E-state index contributed by atoms with van der Waals surface area (Å²) in [5, 5.41) is 4.38. The van der Waals surface area contributed by atoms with E-state index < -0.39 is 0 Å². The van der Waals surface area contributed by atoms with Crippen molar-refractivity contribution in [1.29, 1.82) is 0 Å². The maximum absolute atomic E-state index is 5.18. The first-order chi connectivity index (χ1) is 10.3. The van der Waals surface area contributed by atoms with E-state index in [1.807, 2.05) is 24.3 Å². The van der Waals surface area contributed by atoms with Crippen LogP contribution >= 0.6 is 11.8 Å². The van der Waals surface area contributed by atoms with Crippen molar-refractivity contribution in [2.75, 3.05) is 19.0 Å². The smallest absolute Gasteiger partial charge is 0.133 e. The largest absolute Gasteiger partial charge is 0.497 e. The lowest BCUT2D eigenvalue weighted by Gasteiger charge is -2.12. The van der Waals surface area contributed by atoms with Crippen LogP contribution in [0.15, 0.2) is 40.5 Å². The molecule has 0 radical (unpaired) electrons. The number of nitrogens with zero attached hydrogens (tertiary/aromatic N) is 2. The molecular formula is C16H21N3OS. The molecule has 0 atom stereocenters. The third-order valence-electron chi connectivity index (χ3n) is 3.08. The second-order valence-corrected chi connectivity index (χ2v) is 5.63. The van der Waals surface area contributed by atoms with Gasteiger partial charge in [0.2, 0.25) is 0 Å². The van der Waals surface area contributed by atoms with Crippen LogP contribution in [0.5, 0.6) is 5.75 Å². The lowest BCUT2D eigenvalue weighted by molar-refractivity contribution is 0.414. The molecule has 0 unspecified atom stereocenters. The number of nitrogens with one attached hydrogen (secondary N) is 1. The molecular weight excluding hydrogens is 282 g/mol. The van der Waals surface area contributed by atoms with Gasteiger partial charge in [-0.2, -0.15) is 0 Å². The quantitative estimate of drug-likeness (QED) is 0.783. The van der Waals surface area contributed by atoms with Crippen molar-refractivity contribution < 1.29 is 4.74 Å². The van der Waals surface area contributed by atoms with Crippen molar-refractivity contribution in [2.45, 2.75) is 36.6 Å². The summed E-state index contributed by atoms with van der Waals surface area (Å²) in [7, 11) is 1.67. The van der Waals surface area contributed by atoms with Gasteiger partial charge in [0, 0.05) is 17.0 Å². The zero-order valence-corrected chi connectivity index (χ0v) is 13.5. The summed E-state index contributed by atoms with van der Waals surface area (Å²) in [6.45, 7) is 5.21. The Morgan fingerprint density at radius 3 is 2.52 bits per heavy atom. The lowest BCUT2D eigenvalue weighted by atomic mass is 10.2. The van der Waals surface area contributed by atoms with Crippen LogP contribution in [0, 0.1) is 0 Å². The molecule has 0 fully saturated rings. The van der Waals surface area contributed by atoms with Gasteiger partial charge in [0.15, 0.2) is 0 Å². The van der Waals surface area contributed by atoms with Gasteiger partial charge >= 0.3 is 0 Å². The van der Waals surface area contributed by atoms with Gasteiger partial charge in [0.1, 0.15) is 22.9 Å².